The molecular weight excluding hydrogens is 498 g/mol. The summed E-state index contributed by atoms with van der Waals surface area (Å²) in [5, 5.41) is 24.4. The molecule has 4 atom stereocenters. The van der Waals surface area contributed by atoms with Gasteiger partial charge in [0.15, 0.2) is 0 Å². The van der Waals surface area contributed by atoms with Gasteiger partial charge in [0.2, 0.25) is 17.7 Å². The van der Waals surface area contributed by atoms with Gasteiger partial charge in [0.05, 0.1) is 6.04 Å². The van der Waals surface area contributed by atoms with E-state index in [0.29, 0.717) is 50.1 Å². The van der Waals surface area contributed by atoms with E-state index in [2.05, 4.69) is 10.6 Å². The third-order valence-electron chi connectivity index (χ3n) is 6.36. The lowest BCUT2D eigenvalue weighted by atomic mass is 10.0. The van der Waals surface area contributed by atoms with Gasteiger partial charge in [-0.15, -0.1) is 0 Å². The van der Waals surface area contributed by atoms with E-state index in [1.54, 1.807) is 12.1 Å². The van der Waals surface area contributed by atoms with Crippen molar-refractivity contribution in [2.24, 2.45) is 11.5 Å². The normalized spacial score (nSPS) is 17.6. The molecule has 8 N–H and O–H groups in total. The predicted octanol–water partition coefficient (Wildman–Crippen LogP) is 0.189. The van der Waals surface area contributed by atoms with Gasteiger partial charge in [-0.25, -0.2) is 4.79 Å². The number of nitrogens with zero attached hydrogens (tertiary/aromatic N) is 1. The Bertz CT molecular complexity index is 915. The number of rotatable bonds is 15. The first-order chi connectivity index (χ1) is 17.7. The third kappa shape index (κ3) is 9.52. The van der Waals surface area contributed by atoms with Crippen molar-refractivity contribution in [1.29, 1.82) is 0 Å². The molecule has 0 spiro atoms. The second kappa shape index (κ2) is 15.4. The van der Waals surface area contributed by atoms with E-state index in [0.717, 1.165) is 6.42 Å². The molecule has 1 fully saturated rings. The fraction of sp³-hybridized carbons (Fsp3) is 0.600. The molecule has 37 heavy (non-hydrogen) atoms. The first kappa shape index (κ1) is 30.4. The Morgan fingerprint density at radius 2 is 1.81 bits per heavy atom. The summed E-state index contributed by atoms with van der Waals surface area (Å²) in [5.41, 5.74) is 12.3. The van der Waals surface area contributed by atoms with Crippen molar-refractivity contribution in [3.63, 3.8) is 0 Å². The highest BCUT2D eigenvalue weighted by molar-refractivity contribution is 7.98. The van der Waals surface area contributed by atoms with E-state index in [4.69, 9.17) is 11.5 Å². The Morgan fingerprint density at radius 3 is 2.43 bits per heavy atom. The number of likely N-dealkylation sites (tertiary alicyclic amines) is 1. The summed E-state index contributed by atoms with van der Waals surface area (Å²) in [6, 6.07) is 2.49. The van der Waals surface area contributed by atoms with Crippen molar-refractivity contribution in [3.8, 4) is 5.75 Å². The van der Waals surface area contributed by atoms with Crippen LogP contribution in [-0.4, -0.2) is 88.1 Å². The van der Waals surface area contributed by atoms with Gasteiger partial charge in [-0.05, 0) is 68.4 Å². The molecule has 1 aromatic rings. The summed E-state index contributed by atoms with van der Waals surface area (Å²) >= 11 is 1.46. The summed E-state index contributed by atoms with van der Waals surface area (Å²) in [6.07, 6.45) is 5.15. The van der Waals surface area contributed by atoms with Gasteiger partial charge in [0, 0.05) is 13.0 Å². The number of phenolic OH excluding ortho intramolecular Hbond substituents is 1. The largest absolute Gasteiger partial charge is 0.508 e. The second-order valence-electron chi connectivity index (χ2n) is 9.19. The topological polar surface area (TPSA) is 188 Å². The van der Waals surface area contributed by atoms with Crippen molar-refractivity contribution >= 4 is 35.5 Å². The molecule has 0 aromatic heterocycles. The summed E-state index contributed by atoms with van der Waals surface area (Å²) < 4.78 is 0. The lowest BCUT2D eigenvalue weighted by molar-refractivity contribution is -0.143. The Labute approximate surface area is 221 Å². The molecule has 3 amide bonds. The Kier molecular flexibility index (Phi) is 12.7. The fourth-order valence-electron chi connectivity index (χ4n) is 4.26. The summed E-state index contributed by atoms with van der Waals surface area (Å²) in [6.45, 7) is 0.909. The van der Waals surface area contributed by atoms with E-state index in [1.165, 1.54) is 28.8 Å². The first-order valence-corrected chi connectivity index (χ1v) is 13.9. The molecule has 4 unspecified atom stereocenters. The molecule has 11 nitrogen and oxygen atoms in total. The average molecular weight is 538 g/mol. The van der Waals surface area contributed by atoms with Gasteiger partial charge < -0.3 is 37.2 Å². The molecule has 2 rings (SSSR count). The zero-order valence-corrected chi connectivity index (χ0v) is 22.0. The van der Waals surface area contributed by atoms with Crippen molar-refractivity contribution in [3.05, 3.63) is 29.8 Å². The number of hydrogen-bond acceptors (Lipinski definition) is 8. The molecular formula is C25H39N5O6S. The average Bonchev–Trinajstić information content (AvgIpc) is 3.36. The second-order valence-corrected chi connectivity index (χ2v) is 10.2. The molecule has 1 aromatic carbocycles. The van der Waals surface area contributed by atoms with Gasteiger partial charge in [0.25, 0.3) is 0 Å². The van der Waals surface area contributed by atoms with Crippen LogP contribution >= 0.6 is 11.8 Å². The molecule has 0 bridgehead atoms. The molecule has 1 aliphatic rings. The number of thioether (sulfide) groups is 1. The number of aromatic hydroxyl groups is 1. The number of unbranched alkanes of at least 4 members (excludes halogenated alkanes) is 1. The number of nitrogens with one attached hydrogen (secondary N) is 2. The Balaban J connectivity index is 2.16. The van der Waals surface area contributed by atoms with Crippen molar-refractivity contribution in [2.75, 3.05) is 25.1 Å². The highest BCUT2D eigenvalue weighted by atomic mass is 32.2. The molecule has 206 valence electrons. The van der Waals surface area contributed by atoms with Crippen LogP contribution in [0.15, 0.2) is 24.3 Å². The van der Waals surface area contributed by atoms with Crippen LogP contribution in [0.5, 0.6) is 5.75 Å². The van der Waals surface area contributed by atoms with Gasteiger partial charge in [-0.1, -0.05) is 18.6 Å². The van der Waals surface area contributed by atoms with Crippen molar-refractivity contribution in [1.82, 2.24) is 15.5 Å². The van der Waals surface area contributed by atoms with E-state index >= 15 is 0 Å². The first-order valence-electron chi connectivity index (χ1n) is 12.5. The fourth-order valence-corrected chi connectivity index (χ4v) is 4.73. The highest BCUT2D eigenvalue weighted by Gasteiger charge is 2.37. The quantitative estimate of drug-likeness (QED) is 0.170. The number of phenols is 1. The van der Waals surface area contributed by atoms with Crippen LogP contribution in [0.4, 0.5) is 0 Å². The van der Waals surface area contributed by atoms with E-state index in [1.807, 2.05) is 6.26 Å². The lowest BCUT2D eigenvalue weighted by Gasteiger charge is -2.28. The third-order valence-corrected chi connectivity index (χ3v) is 7.00. The van der Waals surface area contributed by atoms with Gasteiger partial charge in [0.1, 0.15) is 23.9 Å². The van der Waals surface area contributed by atoms with E-state index < -0.39 is 42.0 Å². The Hall–Kier alpha value is -2.83. The van der Waals surface area contributed by atoms with E-state index in [-0.39, 0.29) is 24.5 Å². The molecule has 1 aliphatic heterocycles. The maximum absolute atomic E-state index is 13.3. The molecule has 1 heterocycles. The van der Waals surface area contributed by atoms with Crippen LogP contribution in [0.1, 0.15) is 44.1 Å². The number of carbonyl (C=O) groups excluding carboxylic acids is 3. The minimum Gasteiger partial charge on any atom is -0.508 e. The van der Waals surface area contributed by atoms with Crippen LogP contribution in [0, 0.1) is 0 Å². The Morgan fingerprint density at radius 1 is 1.11 bits per heavy atom. The zero-order chi connectivity index (χ0) is 27.4. The number of aliphatic carboxylic acids is 1. The zero-order valence-electron chi connectivity index (χ0n) is 21.2. The molecule has 0 saturated carbocycles. The van der Waals surface area contributed by atoms with Gasteiger partial charge in [-0.2, -0.15) is 11.8 Å². The molecule has 1 saturated heterocycles. The minimum absolute atomic E-state index is 0.0553. The van der Waals surface area contributed by atoms with Crippen LogP contribution in [-0.2, 0) is 25.6 Å². The minimum atomic E-state index is -1.16. The smallest absolute Gasteiger partial charge is 0.326 e. The van der Waals surface area contributed by atoms with Crippen molar-refractivity contribution < 1.29 is 29.4 Å². The maximum Gasteiger partial charge on any atom is 0.326 e. The number of nitrogens with two attached hydrogens (primary N) is 2. The molecule has 0 radical (unpaired) electrons. The van der Waals surface area contributed by atoms with Gasteiger partial charge >= 0.3 is 5.97 Å². The van der Waals surface area contributed by atoms with Crippen LogP contribution < -0.4 is 22.1 Å². The number of benzene rings is 1. The summed E-state index contributed by atoms with van der Waals surface area (Å²) in [5.74, 6) is -2.00. The number of carboxylic acids is 1. The lowest BCUT2D eigenvalue weighted by Crippen LogP contribution is -2.57. The number of carbonyl (C=O) groups is 4. The van der Waals surface area contributed by atoms with E-state index in [9.17, 15) is 29.4 Å². The monoisotopic (exact) mass is 537 g/mol. The molecule has 0 aliphatic carbocycles. The summed E-state index contributed by atoms with van der Waals surface area (Å²) in [7, 11) is 0. The number of carboxylic acid groups (broad SMARTS) is 1. The number of hydrogen-bond donors (Lipinski definition) is 6. The summed E-state index contributed by atoms with van der Waals surface area (Å²) in [4.78, 5) is 52.5. The highest BCUT2D eigenvalue weighted by Crippen LogP contribution is 2.20. The predicted molar refractivity (Wildman–Crippen MR) is 142 cm³/mol. The van der Waals surface area contributed by atoms with Crippen LogP contribution in [0.2, 0.25) is 0 Å². The molecule has 12 heteroatoms. The SMILES string of the molecule is CSCCC(NC(=O)C(Cc1ccc(O)cc1)NC(=O)C1CCCN1C(=O)C(N)CCCCN)C(=O)O. The van der Waals surface area contributed by atoms with Crippen LogP contribution in [0.3, 0.4) is 0 Å². The maximum atomic E-state index is 13.3. The van der Waals surface area contributed by atoms with Gasteiger partial charge in [-0.3, -0.25) is 14.4 Å². The standard InChI is InChI=1S/C25H39N5O6S/c1-37-14-11-19(25(35)36)28-22(32)20(15-16-7-9-17(31)10-8-16)29-23(33)21-6-4-13-30(21)24(34)18(27)5-2-3-12-26/h7-10,18-21,31H,2-6,11-15,26-27H2,1H3,(H,28,32)(H,29,33)(H,35,36). The number of amides is 3. The van der Waals surface area contributed by atoms with Crippen LogP contribution in [0.25, 0.3) is 0 Å². The van der Waals surface area contributed by atoms with Crippen molar-refractivity contribution in [2.45, 2.75) is 69.1 Å².